The molecule has 114 valence electrons. The number of nitrogens with one attached hydrogen (secondary N) is 1. The summed E-state index contributed by atoms with van der Waals surface area (Å²) < 4.78 is 18.1. The highest BCUT2D eigenvalue weighted by molar-refractivity contribution is 6.01. The fraction of sp³-hybridized carbons (Fsp3) is 0.308. The molecule has 0 radical (unpaired) electrons. The molecule has 0 fully saturated rings. The van der Waals surface area contributed by atoms with Crippen LogP contribution >= 0.6 is 0 Å². The van der Waals surface area contributed by atoms with Crippen LogP contribution in [0, 0.1) is 5.82 Å². The Bertz CT molecular complexity index is 561. The summed E-state index contributed by atoms with van der Waals surface area (Å²) in [6.45, 7) is -0.0238. The Morgan fingerprint density at radius 2 is 2.05 bits per heavy atom. The summed E-state index contributed by atoms with van der Waals surface area (Å²) in [4.78, 5) is 34.9. The third-order valence-electron chi connectivity index (χ3n) is 2.65. The zero-order valence-electron chi connectivity index (χ0n) is 11.6. The Kier molecular flexibility index (Phi) is 5.65. The van der Waals surface area contributed by atoms with E-state index in [-0.39, 0.29) is 24.2 Å². The molecule has 0 spiro atoms. The molecule has 1 aromatic carbocycles. The molecule has 1 rings (SSSR count). The van der Waals surface area contributed by atoms with E-state index < -0.39 is 23.8 Å². The van der Waals surface area contributed by atoms with E-state index in [4.69, 9.17) is 5.11 Å². The maximum atomic E-state index is 13.6. The van der Waals surface area contributed by atoms with Crippen LogP contribution in [0.2, 0.25) is 0 Å². The maximum Gasteiger partial charge on any atom is 0.342 e. The van der Waals surface area contributed by atoms with Crippen LogP contribution in [0.25, 0.3) is 0 Å². The number of anilines is 1. The summed E-state index contributed by atoms with van der Waals surface area (Å²) in [5.41, 5.74) is -0.436. The van der Waals surface area contributed by atoms with Crippen LogP contribution in [0.3, 0.4) is 0 Å². The van der Waals surface area contributed by atoms with E-state index in [1.54, 1.807) is 0 Å². The molecule has 0 saturated carbocycles. The number of aliphatic carboxylic acids is 1. The molecule has 0 atom stereocenters. The van der Waals surface area contributed by atoms with E-state index in [9.17, 15) is 18.8 Å². The molecule has 21 heavy (non-hydrogen) atoms. The van der Waals surface area contributed by atoms with Gasteiger partial charge in [-0.3, -0.25) is 4.79 Å². The number of hydrogen-bond acceptors (Lipinski definition) is 4. The van der Waals surface area contributed by atoms with E-state index in [0.717, 1.165) is 18.1 Å². The van der Waals surface area contributed by atoms with Crippen LogP contribution in [0.5, 0.6) is 0 Å². The molecule has 0 bridgehead atoms. The lowest BCUT2D eigenvalue weighted by Gasteiger charge is -2.18. The van der Waals surface area contributed by atoms with Gasteiger partial charge in [-0.25, -0.2) is 14.0 Å². The second kappa shape index (κ2) is 7.22. The molecule has 0 heterocycles. The van der Waals surface area contributed by atoms with Gasteiger partial charge in [-0.05, 0) is 12.1 Å². The normalized spacial score (nSPS) is 9.86. The highest BCUT2D eigenvalue weighted by atomic mass is 19.1. The number of rotatable bonds is 5. The largest absolute Gasteiger partial charge is 0.481 e. The zero-order chi connectivity index (χ0) is 16.0. The van der Waals surface area contributed by atoms with E-state index in [1.807, 2.05) is 0 Å². The minimum atomic E-state index is -1.05. The number of nitrogens with zero attached hydrogens (tertiary/aromatic N) is 1. The van der Waals surface area contributed by atoms with Crippen molar-refractivity contribution in [3.63, 3.8) is 0 Å². The van der Waals surface area contributed by atoms with E-state index >= 15 is 0 Å². The minimum absolute atomic E-state index is 0.0238. The molecular weight excluding hydrogens is 283 g/mol. The molecule has 1 aromatic rings. The van der Waals surface area contributed by atoms with Crippen LogP contribution in [0.1, 0.15) is 16.8 Å². The number of ether oxygens (including phenoxy) is 1. The van der Waals surface area contributed by atoms with E-state index in [1.165, 1.54) is 19.2 Å². The lowest BCUT2D eigenvalue weighted by Crippen LogP contribution is -2.33. The van der Waals surface area contributed by atoms with Gasteiger partial charge < -0.3 is 20.1 Å². The van der Waals surface area contributed by atoms with Gasteiger partial charge in [0.15, 0.2) is 0 Å². The molecule has 8 heteroatoms. The summed E-state index contributed by atoms with van der Waals surface area (Å²) >= 11 is 0. The van der Waals surface area contributed by atoms with Crippen molar-refractivity contribution in [2.45, 2.75) is 6.42 Å². The zero-order valence-corrected chi connectivity index (χ0v) is 11.6. The van der Waals surface area contributed by atoms with Gasteiger partial charge in [-0.15, -0.1) is 0 Å². The van der Waals surface area contributed by atoms with Gasteiger partial charge in [0.05, 0.1) is 19.2 Å². The molecule has 0 aromatic heterocycles. The lowest BCUT2D eigenvalue weighted by atomic mass is 10.1. The molecule has 0 aliphatic rings. The predicted octanol–water partition coefficient (Wildman–Crippen LogP) is 1.55. The summed E-state index contributed by atoms with van der Waals surface area (Å²) in [6.07, 6.45) is -0.225. The smallest absolute Gasteiger partial charge is 0.342 e. The number of methoxy groups -OCH3 is 1. The van der Waals surface area contributed by atoms with Gasteiger partial charge in [-0.2, -0.15) is 0 Å². The van der Waals surface area contributed by atoms with Crippen LogP contribution < -0.4 is 5.32 Å². The Balaban J connectivity index is 2.87. The first-order chi connectivity index (χ1) is 9.86. The van der Waals surface area contributed by atoms with Gasteiger partial charge in [-0.1, -0.05) is 6.07 Å². The van der Waals surface area contributed by atoms with Crippen LogP contribution in [-0.2, 0) is 9.53 Å². The summed E-state index contributed by atoms with van der Waals surface area (Å²) in [5, 5.41) is 10.9. The van der Waals surface area contributed by atoms with Crippen molar-refractivity contribution in [3.8, 4) is 0 Å². The lowest BCUT2D eigenvalue weighted by molar-refractivity contribution is -0.137. The van der Waals surface area contributed by atoms with Crippen molar-refractivity contribution in [1.82, 2.24) is 4.90 Å². The second-order valence-corrected chi connectivity index (χ2v) is 4.15. The van der Waals surface area contributed by atoms with Gasteiger partial charge in [0.2, 0.25) is 0 Å². The molecule has 7 nitrogen and oxygen atoms in total. The third kappa shape index (κ3) is 4.44. The van der Waals surface area contributed by atoms with E-state index in [2.05, 4.69) is 10.1 Å². The topological polar surface area (TPSA) is 95.9 Å². The number of esters is 1. The number of hydrogen-bond donors (Lipinski definition) is 2. The van der Waals surface area contributed by atoms with Crippen molar-refractivity contribution in [3.05, 3.63) is 29.6 Å². The number of amides is 2. The average molecular weight is 298 g/mol. The van der Waals surface area contributed by atoms with Crippen molar-refractivity contribution in [2.24, 2.45) is 0 Å². The van der Waals surface area contributed by atoms with Crippen molar-refractivity contribution < 1.29 is 28.6 Å². The average Bonchev–Trinajstić information content (AvgIpc) is 2.44. The SMILES string of the molecule is COC(=O)c1c(F)cccc1NC(=O)N(C)CCC(=O)O. The highest BCUT2D eigenvalue weighted by Crippen LogP contribution is 2.20. The second-order valence-electron chi connectivity index (χ2n) is 4.15. The van der Waals surface area contributed by atoms with Crippen molar-refractivity contribution >= 4 is 23.7 Å². The molecular formula is C13H15FN2O5. The van der Waals surface area contributed by atoms with Gasteiger partial charge >= 0.3 is 18.0 Å². The molecule has 0 aliphatic carbocycles. The quantitative estimate of drug-likeness (QED) is 0.804. The summed E-state index contributed by atoms with van der Waals surface area (Å²) in [7, 11) is 2.48. The van der Waals surface area contributed by atoms with Crippen molar-refractivity contribution in [2.75, 3.05) is 26.0 Å². The number of carboxylic acid groups (broad SMARTS) is 1. The Morgan fingerprint density at radius 3 is 2.62 bits per heavy atom. The third-order valence-corrected chi connectivity index (χ3v) is 2.65. The Morgan fingerprint density at radius 1 is 1.38 bits per heavy atom. The fourth-order valence-corrected chi connectivity index (χ4v) is 1.51. The number of urea groups is 1. The number of carbonyl (C=O) groups is 3. The Labute approximate surface area is 120 Å². The molecule has 2 amide bonds. The molecule has 0 unspecified atom stereocenters. The fourth-order valence-electron chi connectivity index (χ4n) is 1.51. The molecule has 0 aliphatic heterocycles. The molecule has 0 saturated heterocycles. The van der Waals surface area contributed by atoms with Crippen LogP contribution in [-0.4, -0.2) is 48.7 Å². The maximum absolute atomic E-state index is 13.6. The minimum Gasteiger partial charge on any atom is -0.481 e. The summed E-state index contributed by atoms with van der Waals surface area (Å²) in [6, 6.07) is 3.08. The van der Waals surface area contributed by atoms with Crippen molar-refractivity contribution in [1.29, 1.82) is 0 Å². The highest BCUT2D eigenvalue weighted by Gasteiger charge is 2.20. The van der Waals surface area contributed by atoms with Crippen LogP contribution in [0.15, 0.2) is 18.2 Å². The van der Waals surface area contributed by atoms with Gasteiger partial charge in [0, 0.05) is 13.6 Å². The van der Waals surface area contributed by atoms with Gasteiger partial charge in [0.25, 0.3) is 0 Å². The first-order valence-electron chi connectivity index (χ1n) is 5.97. The first kappa shape index (κ1) is 16.4. The number of benzene rings is 1. The first-order valence-corrected chi connectivity index (χ1v) is 5.97. The monoisotopic (exact) mass is 298 g/mol. The van der Waals surface area contributed by atoms with Crippen LogP contribution in [0.4, 0.5) is 14.9 Å². The Hall–Kier alpha value is -2.64. The van der Waals surface area contributed by atoms with Gasteiger partial charge in [0.1, 0.15) is 11.4 Å². The molecule has 2 N–H and O–H groups in total. The predicted molar refractivity (Wildman–Crippen MR) is 71.6 cm³/mol. The van der Waals surface area contributed by atoms with E-state index in [0.29, 0.717) is 0 Å². The number of carbonyl (C=O) groups excluding carboxylic acids is 2. The standard InChI is InChI=1S/C13H15FN2O5/c1-16(7-6-10(17)18)13(20)15-9-5-3-4-8(14)11(9)12(19)21-2/h3-5H,6-7H2,1-2H3,(H,15,20)(H,17,18). The number of halogens is 1. The number of carboxylic acids is 1. The summed E-state index contributed by atoms with van der Waals surface area (Å²) in [5.74, 6) is -2.79.